The highest BCUT2D eigenvalue weighted by Crippen LogP contribution is 2.24. The molecule has 0 N–H and O–H groups in total. The van der Waals surface area contributed by atoms with Crippen molar-refractivity contribution in [2.45, 2.75) is 65.0 Å². The summed E-state index contributed by atoms with van der Waals surface area (Å²) >= 11 is 0. The zero-order valence-electron chi connectivity index (χ0n) is 13.4. The Kier molecular flexibility index (Phi) is 4.60. The van der Waals surface area contributed by atoms with E-state index in [2.05, 4.69) is 4.98 Å². The van der Waals surface area contributed by atoms with Crippen molar-refractivity contribution >= 4 is 5.91 Å². The van der Waals surface area contributed by atoms with E-state index in [4.69, 9.17) is 0 Å². The molecule has 0 radical (unpaired) electrons. The molecular weight excluding hydrogens is 278 g/mol. The summed E-state index contributed by atoms with van der Waals surface area (Å²) in [6, 6.07) is 0. The van der Waals surface area contributed by atoms with Crippen LogP contribution in [0.1, 0.15) is 56.7 Å². The van der Waals surface area contributed by atoms with Crippen molar-refractivity contribution in [3.63, 3.8) is 0 Å². The molecule has 5 nitrogen and oxygen atoms in total. The zero-order chi connectivity index (χ0) is 15.5. The highest BCUT2D eigenvalue weighted by molar-refractivity contribution is 5.73. The fourth-order valence-electron chi connectivity index (χ4n) is 3.68. The lowest BCUT2D eigenvalue weighted by molar-refractivity contribution is -0.129. The first-order valence-corrected chi connectivity index (χ1v) is 8.48. The SMILES string of the molecule is CC(=O)N1CCc2c(ncn(CC3CCCCCC3)c2=O)C1. The average Bonchev–Trinajstić information content (AvgIpc) is 2.78. The van der Waals surface area contributed by atoms with Gasteiger partial charge in [-0.3, -0.25) is 14.2 Å². The average molecular weight is 303 g/mol. The summed E-state index contributed by atoms with van der Waals surface area (Å²) in [5.41, 5.74) is 1.70. The standard InChI is InChI=1S/C17H25N3O2/c1-13(21)19-9-8-15-16(11-19)18-12-20(17(15)22)10-14-6-4-2-3-5-7-14/h12,14H,2-11H2,1H3. The molecule has 0 unspecified atom stereocenters. The molecule has 0 atom stereocenters. The van der Waals surface area contributed by atoms with Gasteiger partial charge in [0.05, 0.1) is 18.6 Å². The second-order valence-electron chi connectivity index (χ2n) is 6.68. The molecule has 22 heavy (non-hydrogen) atoms. The van der Waals surface area contributed by atoms with Crippen molar-refractivity contribution < 1.29 is 4.79 Å². The molecule has 0 bridgehead atoms. The van der Waals surface area contributed by atoms with Gasteiger partial charge in [-0.25, -0.2) is 4.98 Å². The Bertz CT molecular complexity index is 600. The monoisotopic (exact) mass is 303 g/mol. The Morgan fingerprint density at radius 1 is 1.27 bits per heavy atom. The van der Waals surface area contributed by atoms with E-state index in [1.807, 2.05) is 0 Å². The smallest absolute Gasteiger partial charge is 0.256 e. The summed E-state index contributed by atoms with van der Waals surface area (Å²) in [4.78, 5) is 30.4. The molecule has 0 spiro atoms. The number of rotatable bonds is 2. The topological polar surface area (TPSA) is 55.2 Å². The van der Waals surface area contributed by atoms with Crippen LogP contribution in [0.3, 0.4) is 0 Å². The van der Waals surface area contributed by atoms with Gasteiger partial charge in [0.25, 0.3) is 5.56 Å². The molecule has 1 saturated carbocycles. The van der Waals surface area contributed by atoms with E-state index < -0.39 is 0 Å². The summed E-state index contributed by atoms with van der Waals surface area (Å²) in [5.74, 6) is 0.660. The second-order valence-corrected chi connectivity index (χ2v) is 6.68. The predicted octanol–water partition coefficient (Wildman–Crippen LogP) is 2.12. The maximum absolute atomic E-state index is 12.7. The summed E-state index contributed by atoms with van der Waals surface area (Å²) < 4.78 is 1.80. The number of carbonyl (C=O) groups excluding carboxylic acids is 1. The van der Waals surface area contributed by atoms with Crippen molar-refractivity contribution in [3.05, 3.63) is 27.9 Å². The Morgan fingerprint density at radius 2 is 2.00 bits per heavy atom. The molecule has 1 aliphatic heterocycles. The first-order chi connectivity index (χ1) is 10.6. The van der Waals surface area contributed by atoms with Gasteiger partial charge >= 0.3 is 0 Å². The highest BCUT2D eigenvalue weighted by atomic mass is 16.2. The van der Waals surface area contributed by atoms with E-state index in [1.165, 1.54) is 38.5 Å². The summed E-state index contributed by atoms with van der Waals surface area (Å²) in [6.07, 6.45) is 9.99. The number of amides is 1. The summed E-state index contributed by atoms with van der Waals surface area (Å²) in [7, 11) is 0. The van der Waals surface area contributed by atoms with E-state index in [0.29, 0.717) is 25.4 Å². The van der Waals surface area contributed by atoms with Gasteiger partial charge in [-0.15, -0.1) is 0 Å². The predicted molar refractivity (Wildman–Crippen MR) is 84.5 cm³/mol. The molecule has 2 aliphatic rings. The molecule has 5 heteroatoms. The van der Waals surface area contributed by atoms with Gasteiger partial charge < -0.3 is 4.90 Å². The van der Waals surface area contributed by atoms with Crippen LogP contribution in [-0.4, -0.2) is 26.9 Å². The molecule has 1 aromatic heterocycles. The fraction of sp³-hybridized carbons (Fsp3) is 0.706. The molecule has 2 heterocycles. The van der Waals surface area contributed by atoms with Crippen LogP contribution in [0.15, 0.2) is 11.1 Å². The third-order valence-electron chi connectivity index (χ3n) is 5.07. The molecule has 0 aromatic carbocycles. The highest BCUT2D eigenvalue weighted by Gasteiger charge is 2.23. The van der Waals surface area contributed by atoms with Crippen LogP contribution in [0.5, 0.6) is 0 Å². The van der Waals surface area contributed by atoms with Crippen LogP contribution in [0.25, 0.3) is 0 Å². The van der Waals surface area contributed by atoms with Crippen molar-refractivity contribution in [1.29, 1.82) is 0 Å². The van der Waals surface area contributed by atoms with Crippen molar-refractivity contribution in [1.82, 2.24) is 14.5 Å². The van der Waals surface area contributed by atoms with Crippen molar-refractivity contribution in [3.8, 4) is 0 Å². The molecule has 0 saturated heterocycles. The van der Waals surface area contributed by atoms with Gasteiger partial charge in [0.15, 0.2) is 0 Å². The molecule has 1 aliphatic carbocycles. The second kappa shape index (κ2) is 6.63. The molecule has 1 fully saturated rings. The quantitative estimate of drug-likeness (QED) is 0.786. The van der Waals surface area contributed by atoms with Crippen molar-refractivity contribution in [2.24, 2.45) is 5.92 Å². The zero-order valence-corrected chi connectivity index (χ0v) is 13.4. The minimum Gasteiger partial charge on any atom is -0.337 e. The molecule has 1 amide bonds. The van der Waals surface area contributed by atoms with Crippen LogP contribution in [0, 0.1) is 5.92 Å². The van der Waals surface area contributed by atoms with E-state index in [1.54, 1.807) is 22.7 Å². The van der Waals surface area contributed by atoms with Gasteiger partial charge in [0, 0.05) is 25.6 Å². The lowest BCUT2D eigenvalue weighted by Crippen LogP contribution is -2.39. The number of hydrogen-bond donors (Lipinski definition) is 0. The van der Waals surface area contributed by atoms with E-state index in [-0.39, 0.29) is 11.5 Å². The van der Waals surface area contributed by atoms with Crippen LogP contribution in [0.4, 0.5) is 0 Å². The Balaban J connectivity index is 1.77. The third-order valence-corrected chi connectivity index (χ3v) is 5.07. The van der Waals surface area contributed by atoms with Crippen molar-refractivity contribution in [2.75, 3.05) is 6.54 Å². The minimum atomic E-state index is 0.0510. The van der Waals surface area contributed by atoms with E-state index in [9.17, 15) is 9.59 Å². The molecule has 1 aromatic rings. The molecule has 120 valence electrons. The van der Waals surface area contributed by atoms with Crippen LogP contribution < -0.4 is 5.56 Å². The number of hydrogen-bond acceptors (Lipinski definition) is 3. The maximum Gasteiger partial charge on any atom is 0.256 e. The number of carbonyl (C=O) groups is 1. The molecule has 3 rings (SSSR count). The molecular formula is C17H25N3O2. The fourth-order valence-corrected chi connectivity index (χ4v) is 3.68. The Hall–Kier alpha value is -1.65. The van der Waals surface area contributed by atoms with Gasteiger partial charge in [-0.05, 0) is 25.2 Å². The van der Waals surface area contributed by atoms with Crippen LogP contribution in [0.2, 0.25) is 0 Å². The maximum atomic E-state index is 12.7. The number of aromatic nitrogens is 2. The number of fused-ring (bicyclic) bond motifs is 1. The largest absolute Gasteiger partial charge is 0.337 e. The normalized spacial score (nSPS) is 19.6. The Morgan fingerprint density at radius 3 is 2.68 bits per heavy atom. The van der Waals surface area contributed by atoms with E-state index in [0.717, 1.165) is 17.8 Å². The number of nitrogens with zero attached hydrogens (tertiary/aromatic N) is 3. The third kappa shape index (κ3) is 3.23. The minimum absolute atomic E-state index is 0.0510. The van der Waals surface area contributed by atoms with Gasteiger partial charge in [-0.1, -0.05) is 25.7 Å². The van der Waals surface area contributed by atoms with E-state index >= 15 is 0 Å². The van der Waals surface area contributed by atoms with Gasteiger partial charge in [-0.2, -0.15) is 0 Å². The van der Waals surface area contributed by atoms with Crippen LogP contribution in [-0.2, 0) is 24.3 Å². The lowest BCUT2D eigenvalue weighted by Gasteiger charge is -2.27. The summed E-state index contributed by atoms with van der Waals surface area (Å²) in [6.45, 7) is 3.48. The van der Waals surface area contributed by atoms with Gasteiger partial charge in [0.2, 0.25) is 5.91 Å². The van der Waals surface area contributed by atoms with Crippen LogP contribution >= 0.6 is 0 Å². The Labute approximate surface area is 131 Å². The first-order valence-electron chi connectivity index (χ1n) is 8.48. The van der Waals surface area contributed by atoms with Gasteiger partial charge in [0.1, 0.15) is 0 Å². The first kappa shape index (κ1) is 15.3. The lowest BCUT2D eigenvalue weighted by atomic mass is 10.00. The summed E-state index contributed by atoms with van der Waals surface area (Å²) in [5, 5.41) is 0.